The molecule has 0 bridgehead atoms. The van der Waals surface area contributed by atoms with Crippen LogP contribution in [0.1, 0.15) is 79.7 Å². The van der Waals surface area contributed by atoms with Crippen molar-refractivity contribution < 1.29 is 4.79 Å². The summed E-state index contributed by atoms with van der Waals surface area (Å²) >= 11 is 7.40. The highest BCUT2D eigenvalue weighted by atomic mass is 79.9. The molecule has 0 atom stereocenters. The smallest absolute Gasteiger partial charge is 0.194 e. The molecule has 3 aromatic carbocycles. The fourth-order valence-corrected chi connectivity index (χ4v) is 5.67. The van der Waals surface area contributed by atoms with Crippen LogP contribution in [0.5, 0.6) is 0 Å². The van der Waals surface area contributed by atoms with Crippen molar-refractivity contribution in [1.82, 2.24) is 0 Å². The molecule has 0 aromatic heterocycles. The molecule has 0 unspecified atom stereocenters. The highest BCUT2D eigenvalue weighted by molar-refractivity contribution is 9.28. The highest BCUT2D eigenvalue weighted by Gasteiger charge is 2.34. The first-order valence-electron chi connectivity index (χ1n) is 11.0. The minimum Gasteiger partial charge on any atom is -0.289 e. The van der Waals surface area contributed by atoms with Gasteiger partial charge in [-0.3, -0.25) is 4.79 Å². The molecule has 0 aliphatic heterocycles. The fraction of sp³-hybridized carbons (Fsp3) is 0.276. The van der Waals surface area contributed by atoms with Gasteiger partial charge in [-0.05, 0) is 111 Å². The number of hydrogen-bond acceptors (Lipinski definition) is 1. The van der Waals surface area contributed by atoms with Gasteiger partial charge in [-0.1, -0.05) is 65.8 Å². The zero-order chi connectivity index (χ0) is 23.2. The molecule has 3 heteroatoms. The molecule has 0 heterocycles. The van der Waals surface area contributed by atoms with E-state index in [1.165, 1.54) is 22.3 Å². The number of carbonyl (C=O) groups excluding carboxylic acids is 1. The monoisotopic (exact) mass is 548 g/mol. The van der Waals surface area contributed by atoms with E-state index >= 15 is 0 Å². The van der Waals surface area contributed by atoms with Gasteiger partial charge in [0.25, 0.3) is 0 Å². The third kappa shape index (κ3) is 3.20. The van der Waals surface area contributed by atoms with Crippen molar-refractivity contribution in [3.05, 3.63) is 85.3 Å². The molecule has 162 valence electrons. The van der Waals surface area contributed by atoms with Gasteiger partial charge in [-0.2, -0.15) is 0 Å². The van der Waals surface area contributed by atoms with E-state index in [1.54, 1.807) is 0 Å². The standard InChI is InChI=1S/C29H26Br2O/c1-28(2,3)15-7-9-17-19-14-24-20(13-22(19)25(27(30)31)21(17)11-15)18-10-8-16(29(4,5)6)12-23(18)26(24)32/h7-14H,1-6H3. The Morgan fingerprint density at radius 2 is 0.969 bits per heavy atom. The van der Waals surface area contributed by atoms with E-state index in [0.717, 1.165) is 42.3 Å². The third-order valence-electron chi connectivity index (χ3n) is 6.73. The Balaban J connectivity index is 1.73. The van der Waals surface area contributed by atoms with Gasteiger partial charge in [0.05, 0.1) is 3.39 Å². The van der Waals surface area contributed by atoms with Gasteiger partial charge in [0.15, 0.2) is 5.78 Å². The lowest BCUT2D eigenvalue weighted by atomic mass is 9.85. The highest BCUT2D eigenvalue weighted by Crippen LogP contribution is 2.52. The van der Waals surface area contributed by atoms with E-state index < -0.39 is 0 Å². The van der Waals surface area contributed by atoms with Crippen molar-refractivity contribution in [2.45, 2.75) is 52.4 Å². The summed E-state index contributed by atoms with van der Waals surface area (Å²) < 4.78 is 0.934. The van der Waals surface area contributed by atoms with Gasteiger partial charge >= 0.3 is 0 Å². The molecule has 0 fully saturated rings. The number of hydrogen-bond donors (Lipinski definition) is 0. The summed E-state index contributed by atoms with van der Waals surface area (Å²) in [6, 6.07) is 17.4. The lowest BCUT2D eigenvalue weighted by Crippen LogP contribution is -2.11. The molecule has 0 amide bonds. The molecule has 0 saturated heterocycles. The number of rotatable bonds is 0. The van der Waals surface area contributed by atoms with Crippen LogP contribution < -0.4 is 0 Å². The molecular formula is C29H26Br2O. The lowest BCUT2D eigenvalue weighted by Gasteiger charge is -2.20. The molecule has 2 aliphatic carbocycles. The number of benzene rings is 3. The Kier molecular flexibility index (Phi) is 4.79. The minimum atomic E-state index is 0.00623. The Morgan fingerprint density at radius 3 is 1.50 bits per heavy atom. The average Bonchev–Trinajstić information content (AvgIpc) is 3.17. The molecule has 0 radical (unpaired) electrons. The molecule has 2 aliphatic rings. The fourth-order valence-electron chi connectivity index (χ4n) is 4.82. The Bertz CT molecular complexity index is 1360. The van der Waals surface area contributed by atoms with Crippen molar-refractivity contribution in [3.63, 3.8) is 0 Å². The Labute approximate surface area is 207 Å². The zero-order valence-electron chi connectivity index (χ0n) is 19.3. The summed E-state index contributed by atoms with van der Waals surface area (Å²) in [7, 11) is 0. The van der Waals surface area contributed by atoms with Crippen LogP contribution in [0.25, 0.3) is 27.8 Å². The molecule has 5 rings (SSSR count). The van der Waals surface area contributed by atoms with Gasteiger partial charge in [0, 0.05) is 16.7 Å². The quantitative estimate of drug-likeness (QED) is 0.188. The van der Waals surface area contributed by atoms with Gasteiger partial charge in [0.2, 0.25) is 0 Å². The summed E-state index contributed by atoms with van der Waals surface area (Å²) in [5.74, 6) is 0.132. The first-order chi connectivity index (χ1) is 14.9. The van der Waals surface area contributed by atoms with E-state index in [1.807, 2.05) is 0 Å². The van der Waals surface area contributed by atoms with Crippen LogP contribution in [0.15, 0.2) is 51.9 Å². The summed E-state index contributed by atoms with van der Waals surface area (Å²) in [5, 5.41) is 0. The number of ketones is 1. The normalized spacial score (nSPS) is 14.2. The summed E-state index contributed by atoms with van der Waals surface area (Å²) in [6.45, 7) is 13.3. The largest absolute Gasteiger partial charge is 0.289 e. The summed E-state index contributed by atoms with van der Waals surface area (Å²) in [6.07, 6.45) is 0. The second-order valence-corrected chi connectivity index (χ2v) is 13.6. The maximum Gasteiger partial charge on any atom is 0.194 e. The van der Waals surface area contributed by atoms with E-state index in [0.29, 0.717) is 0 Å². The van der Waals surface area contributed by atoms with Crippen molar-refractivity contribution in [1.29, 1.82) is 0 Å². The third-order valence-corrected chi connectivity index (χ3v) is 7.52. The lowest BCUT2D eigenvalue weighted by molar-refractivity contribution is 0.104. The van der Waals surface area contributed by atoms with Crippen LogP contribution in [0.4, 0.5) is 0 Å². The van der Waals surface area contributed by atoms with Crippen molar-refractivity contribution in [2.24, 2.45) is 0 Å². The van der Waals surface area contributed by atoms with Crippen molar-refractivity contribution >= 4 is 43.2 Å². The van der Waals surface area contributed by atoms with E-state index in [2.05, 4.69) is 122 Å². The Morgan fingerprint density at radius 1 is 0.562 bits per heavy atom. The van der Waals surface area contributed by atoms with Gasteiger partial charge in [0.1, 0.15) is 0 Å². The van der Waals surface area contributed by atoms with Crippen LogP contribution in [-0.4, -0.2) is 5.78 Å². The molecule has 32 heavy (non-hydrogen) atoms. The second-order valence-electron chi connectivity index (χ2n) is 10.9. The molecule has 3 aromatic rings. The predicted molar refractivity (Wildman–Crippen MR) is 142 cm³/mol. The zero-order valence-corrected chi connectivity index (χ0v) is 22.5. The number of halogens is 2. The maximum absolute atomic E-state index is 13.4. The van der Waals surface area contributed by atoms with Crippen molar-refractivity contribution in [3.8, 4) is 22.3 Å². The molecular weight excluding hydrogens is 524 g/mol. The van der Waals surface area contributed by atoms with Crippen LogP contribution in [0.2, 0.25) is 0 Å². The SMILES string of the molecule is CC(C)(C)c1ccc2c(c1)C(=O)c1cc3c(cc1-2)C(=C(Br)Br)c1cc(C(C)(C)C)ccc1-3. The second kappa shape index (κ2) is 7.01. The first kappa shape index (κ1) is 21.9. The molecule has 0 spiro atoms. The molecule has 0 N–H and O–H groups in total. The van der Waals surface area contributed by atoms with Gasteiger partial charge in [-0.15, -0.1) is 0 Å². The van der Waals surface area contributed by atoms with E-state index in [4.69, 9.17) is 0 Å². The summed E-state index contributed by atoms with van der Waals surface area (Å²) in [5.41, 5.74) is 12.1. The first-order valence-corrected chi connectivity index (χ1v) is 12.5. The summed E-state index contributed by atoms with van der Waals surface area (Å²) in [4.78, 5) is 13.4. The number of fused-ring (bicyclic) bond motifs is 6. The predicted octanol–water partition coefficient (Wildman–Crippen LogP) is 8.98. The maximum atomic E-state index is 13.4. The number of carbonyl (C=O) groups is 1. The topological polar surface area (TPSA) is 17.1 Å². The van der Waals surface area contributed by atoms with Crippen LogP contribution in [-0.2, 0) is 10.8 Å². The molecule has 1 nitrogen and oxygen atoms in total. The van der Waals surface area contributed by atoms with Crippen molar-refractivity contribution in [2.75, 3.05) is 0 Å². The molecule has 0 saturated carbocycles. The van der Waals surface area contributed by atoms with E-state index in [-0.39, 0.29) is 16.6 Å². The van der Waals surface area contributed by atoms with E-state index in [9.17, 15) is 4.79 Å². The van der Waals surface area contributed by atoms with Crippen LogP contribution >= 0.6 is 31.9 Å². The Hall–Kier alpha value is -1.97. The van der Waals surface area contributed by atoms with Gasteiger partial charge < -0.3 is 0 Å². The minimum absolute atomic E-state index is 0.00623. The van der Waals surface area contributed by atoms with Crippen LogP contribution in [0.3, 0.4) is 0 Å². The van der Waals surface area contributed by atoms with Crippen LogP contribution in [0, 0.1) is 0 Å². The average molecular weight is 550 g/mol. The van der Waals surface area contributed by atoms with Gasteiger partial charge in [-0.25, -0.2) is 0 Å².